The van der Waals surface area contributed by atoms with Crippen molar-refractivity contribution in [1.82, 2.24) is 10.0 Å². The Hall–Kier alpha value is -1.31. The molecule has 8 heteroatoms. The molecule has 0 atom stereocenters. The lowest BCUT2D eigenvalue weighted by atomic mass is 9.82. The molecule has 1 aromatic carbocycles. The summed E-state index contributed by atoms with van der Waals surface area (Å²) in [5.74, 6) is 0.829. The number of guanidine groups is 1. The van der Waals surface area contributed by atoms with Crippen LogP contribution in [-0.4, -0.2) is 27.5 Å². The third kappa shape index (κ3) is 5.37. The molecule has 0 heterocycles. The Morgan fingerprint density at radius 1 is 1.17 bits per heavy atom. The number of sulfonamides is 1. The van der Waals surface area contributed by atoms with Gasteiger partial charge in [-0.3, -0.25) is 5.41 Å². The average molecular weight is 359 g/mol. The zero-order valence-electron chi connectivity index (χ0n) is 12.9. The van der Waals surface area contributed by atoms with Gasteiger partial charge in [0.1, 0.15) is 4.90 Å². The van der Waals surface area contributed by atoms with E-state index in [0.717, 1.165) is 25.7 Å². The Balaban J connectivity index is 1.81. The van der Waals surface area contributed by atoms with Gasteiger partial charge in [-0.05, 0) is 49.7 Å². The zero-order valence-corrected chi connectivity index (χ0v) is 14.5. The van der Waals surface area contributed by atoms with Gasteiger partial charge in [-0.2, -0.15) is 0 Å². The van der Waals surface area contributed by atoms with Gasteiger partial charge in [0.15, 0.2) is 5.96 Å². The van der Waals surface area contributed by atoms with Crippen LogP contribution in [-0.2, 0) is 10.0 Å². The maximum absolute atomic E-state index is 12.3. The van der Waals surface area contributed by atoms with Crippen LogP contribution in [0.5, 0.6) is 0 Å². The molecule has 0 aliphatic heterocycles. The number of nitrogens with one attached hydrogen (secondary N) is 3. The molecule has 0 radical (unpaired) electrons. The van der Waals surface area contributed by atoms with Crippen molar-refractivity contribution in [2.45, 2.75) is 30.6 Å². The van der Waals surface area contributed by atoms with Crippen molar-refractivity contribution < 1.29 is 8.42 Å². The normalized spacial score (nSPS) is 21.8. The number of nitrogens with two attached hydrogens (primary N) is 1. The molecule has 1 aliphatic rings. The second-order valence-corrected chi connectivity index (χ2v) is 8.11. The molecular formula is C15H23ClN4O2S. The van der Waals surface area contributed by atoms with Crippen LogP contribution in [0.3, 0.4) is 0 Å². The van der Waals surface area contributed by atoms with E-state index in [0.29, 0.717) is 24.9 Å². The summed E-state index contributed by atoms with van der Waals surface area (Å²) in [7, 11) is -3.56. The Labute approximate surface area is 142 Å². The van der Waals surface area contributed by atoms with E-state index >= 15 is 0 Å². The van der Waals surface area contributed by atoms with Crippen LogP contribution >= 0.6 is 11.6 Å². The van der Waals surface area contributed by atoms with Crippen LogP contribution in [0.2, 0.25) is 5.02 Å². The summed E-state index contributed by atoms with van der Waals surface area (Å²) in [4.78, 5) is 0.126. The van der Waals surface area contributed by atoms with Gasteiger partial charge in [-0.15, -0.1) is 0 Å². The summed E-state index contributed by atoms with van der Waals surface area (Å²) in [6.07, 6.45) is 3.96. The first kappa shape index (κ1) is 18.0. The Bertz CT molecular complexity index is 643. The SMILES string of the molecule is N=C(N)NC[C@H]1CC[C@H](CNS(=O)(=O)c2ccccc2Cl)CC1. The first-order valence-corrected chi connectivity index (χ1v) is 9.56. The van der Waals surface area contributed by atoms with E-state index in [2.05, 4.69) is 10.0 Å². The van der Waals surface area contributed by atoms with Crippen molar-refractivity contribution in [2.75, 3.05) is 13.1 Å². The molecule has 0 amide bonds. The molecule has 6 nitrogen and oxygen atoms in total. The highest BCUT2D eigenvalue weighted by Crippen LogP contribution is 2.28. The first-order valence-electron chi connectivity index (χ1n) is 7.70. The zero-order chi connectivity index (χ0) is 16.9. The van der Waals surface area contributed by atoms with Gasteiger partial charge in [-0.25, -0.2) is 13.1 Å². The van der Waals surface area contributed by atoms with E-state index in [-0.39, 0.29) is 15.9 Å². The second-order valence-electron chi connectivity index (χ2n) is 5.96. The summed E-state index contributed by atoms with van der Waals surface area (Å²) < 4.78 is 27.3. The third-order valence-corrected chi connectivity index (χ3v) is 6.16. The average Bonchev–Trinajstić information content (AvgIpc) is 2.52. The number of hydrogen-bond donors (Lipinski definition) is 4. The minimum absolute atomic E-state index is 0.000349. The number of benzene rings is 1. The molecule has 1 aromatic rings. The highest BCUT2D eigenvalue weighted by atomic mass is 35.5. The Kier molecular flexibility index (Phi) is 6.26. The van der Waals surface area contributed by atoms with Crippen LogP contribution in [0.15, 0.2) is 29.2 Å². The fraction of sp³-hybridized carbons (Fsp3) is 0.533. The minimum atomic E-state index is -3.56. The summed E-state index contributed by atoms with van der Waals surface area (Å²) in [6, 6.07) is 6.45. The quantitative estimate of drug-likeness (QED) is 0.460. The highest BCUT2D eigenvalue weighted by Gasteiger charge is 2.24. The van der Waals surface area contributed by atoms with Crippen molar-refractivity contribution in [1.29, 1.82) is 5.41 Å². The van der Waals surface area contributed by atoms with Gasteiger partial charge in [0, 0.05) is 13.1 Å². The molecule has 2 rings (SSSR count). The van der Waals surface area contributed by atoms with E-state index in [9.17, 15) is 8.42 Å². The predicted octanol–water partition coefficient (Wildman–Crippen LogP) is 1.91. The molecule has 1 aliphatic carbocycles. The van der Waals surface area contributed by atoms with E-state index < -0.39 is 10.0 Å². The number of rotatable bonds is 6. The van der Waals surface area contributed by atoms with Crippen LogP contribution in [0.1, 0.15) is 25.7 Å². The smallest absolute Gasteiger partial charge is 0.242 e. The predicted molar refractivity (Wildman–Crippen MR) is 92.0 cm³/mol. The van der Waals surface area contributed by atoms with Crippen LogP contribution in [0.25, 0.3) is 0 Å². The van der Waals surface area contributed by atoms with Gasteiger partial charge in [0.25, 0.3) is 0 Å². The summed E-state index contributed by atoms with van der Waals surface area (Å²) in [5, 5.41) is 10.2. The van der Waals surface area contributed by atoms with Gasteiger partial charge in [-0.1, -0.05) is 23.7 Å². The summed E-state index contributed by atoms with van der Waals surface area (Å²) >= 11 is 5.96. The van der Waals surface area contributed by atoms with Crippen molar-refractivity contribution in [2.24, 2.45) is 17.6 Å². The second kappa shape index (κ2) is 7.99. The number of halogens is 1. The standard InChI is InChI=1S/C15H23ClN4O2S/c16-13-3-1-2-4-14(13)23(21,22)20-10-12-7-5-11(6-8-12)9-19-15(17)18/h1-4,11-12,20H,5-10H2,(H4,17,18,19)/t11-,12-. The van der Waals surface area contributed by atoms with E-state index in [1.165, 1.54) is 6.07 Å². The lowest BCUT2D eigenvalue weighted by molar-refractivity contribution is 0.275. The van der Waals surface area contributed by atoms with E-state index in [4.69, 9.17) is 22.7 Å². The van der Waals surface area contributed by atoms with E-state index in [1.807, 2.05) is 0 Å². The van der Waals surface area contributed by atoms with Crippen LogP contribution in [0.4, 0.5) is 0 Å². The third-order valence-electron chi connectivity index (χ3n) is 4.24. The van der Waals surface area contributed by atoms with Crippen molar-refractivity contribution in [3.63, 3.8) is 0 Å². The van der Waals surface area contributed by atoms with Crippen molar-refractivity contribution in [3.8, 4) is 0 Å². The molecule has 1 fully saturated rings. The Morgan fingerprint density at radius 3 is 2.30 bits per heavy atom. The first-order chi connectivity index (χ1) is 10.9. The monoisotopic (exact) mass is 358 g/mol. The lowest BCUT2D eigenvalue weighted by Gasteiger charge is -2.28. The molecule has 5 N–H and O–H groups in total. The summed E-state index contributed by atoms with van der Waals surface area (Å²) in [5.41, 5.74) is 5.28. The molecular weight excluding hydrogens is 336 g/mol. The largest absolute Gasteiger partial charge is 0.370 e. The Morgan fingerprint density at radius 2 is 1.74 bits per heavy atom. The topological polar surface area (TPSA) is 108 Å². The molecule has 0 bridgehead atoms. The maximum Gasteiger partial charge on any atom is 0.242 e. The lowest BCUT2D eigenvalue weighted by Crippen LogP contribution is -2.37. The molecule has 128 valence electrons. The fourth-order valence-corrected chi connectivity index (χ4v) is 4.50. The van der Waals surface area contributed by atoms with Crippen LogP contribution < -0.4 is 15.8 Å². The summed E-state index contributed by atoms with van der Waals surface area (Å²) in [6.45, 7) is 1.15. The van der Waals surface area contributed by atoms with Gasteiger partial charge in [0.05, 0.1) is 5.02 Å². The van der Waals surface area contributed by atoms with Gasteiger partial charge < -0.3 is 11.1 Å². The molecule has 0 spiro atoms. The van der Waals surface area contributed by atoms with Crippen molar-refractivity contribution in [3.05, 3.63) is 29.3 Å². The van der Waals surface area contributed by atoms with E-state index in [1.54, 1.807) is 18.2 Å². The molecule has 0 aromatic heterocycles. The molecule has 0 saturated heterocycles. The minimum Gasteiger partial charge on any atom is -0.370 e. The molecule has 1 saturated carbocycles. The number of hydrogen-bond acceptors (Lipinski definition) is 3. The fourth-order valence-electron chi connectivity index (χ4n) is 2.86. The molecule has 23 heavy (non-hydrogen) atoms. The highest BCUT2D eigenvalue weighted by molar-refractivity contribution is 7.89. The van der Waals surface area contributed by atoms with Gasteiger partial charge in [0.2, 0.25) is 10.0 Å². The van der Waals surface area contributed by atoms with Crippen LogP contribution in [0, 0.1) is 17.2 Å². The maximum atomic E-state index is 12.3. The van der Waals surface area contributed by atoms with Gasteiger partial charge >= 0.3 is 0 Å². The van der Waals surface area contributed by atoms with Crippen molar-refractivity contribution >= 4 is 27.6 Å². The molecule has 0 unspecified atom stereocenters.